The molecule has 0 unspecified atom stereocenters. The van der Waals surface area contributed by atoms with Crippen molar-refractivity contribution < 1.29 is 16.8 Å². The summed E-state index contributed by atoms with van der Waals surface area (Å²) in [6, 6.07) is 6.66. The van der Waals surface area contributed by atoms with Crippen LogP contribution in [0, 0.1) is 6.92 Å². The average Bonchev–Trinajstić information content (AvgIpc) is 3.06. The minimum Gasteiger partial charge on any atom is -0.361 e. The van der Waals surface area contributed by atoms with Crippen LogP contribution in [-0.4, -0.2) is 40.2 Å². The number of aryl methyl sites for hydroxylation is 1. The number of thiazole rings is 1. The first-order chi connectivity index (χ1) is 14.8. The zero-order valence-corrected chi connectivity index (χ0v) is 20.4. The summed E-state index contributed by atoms with van der Waals surface area (Å²) in [4.78, 5) is 6.52. The molecule has 2 aromatic rings. The van der Waals surface area contributed by atoms with E-state index >= 15 is 0 Å². The summed E-state index contributed by atoms with van der Waals surface area (Å²) >= 11 is 1.05. The standard InChI is InChI=1S/C22H30N2O4S3/c1-17-11-13-19(14-12-17)30(25,26)20-21(24-15-7-2-3-8-16-24)29-22(23-20)31(27,28)18-9-5-4-6-10-18/h11-14,18H,2-10,15-16H2,1H3. The minimum atomic E-state index is -3.92. The average molecular weight is 483 g/mol. The Balaban J connectivity index is 1.81. The molecule has 4 rings (SSSR count). The number of hydrogen-bond acceptors (Lipinski definition) is 7. The van der Waals surface area contributed by atoms with Gasteiger partial charge in [-0.3, -0.25) is 0 Å². The number of anilines is 1. The van der Waals surface area contributed by atoms with E-state index in [1.54, 1.807) is 24.3 Å². The molecular formula is C22H30N2O4S3. The molecule has 170 valence electrons. The lowest BCUT2D eigenvalue weighted by molar-refractivity contribution is 0.483. The third-order valence-electron chi connectivity index (χ3n) is 6.27. The highest BCUT2D eigenvalue weighted by Gasteiger charge is 2.37. The van der Waals surface area contributed by atoms with E-state index in [0.29, 0.717) is 17.8 Å². The Kier molecular flexibility index (Phi) is 6.74. The third-order valence-corrected chi connectivity index (χ3v) is 11.9. The number of aromatic nitrogens is 1. The van der Waals surface area contributed by atoms with Gasteiger partial charge in [0.15, 0.2) is 5.03 Å². The molecule has 0 N–H and O–H groups in total. The molecule has 9 heteroatoms. The van der Waals surface area contributed by atoms with Gasteiger partial charge in [0, 0.05) is 13.1 Å². The maximum absolute atomic E-state index is 13.5. The van der Waals surface area contributed by atoms with Crippen LogP contribution in [0.15, 0.2) is 38.5 Å². The van der Waals surface area contributed by atoms with E-state index in [1.807, 2.05) is 11.8 Å². The molecule has 0 amide bonds. The van der Waals surface area contributed by atoms with Crippen LogP contribution < -0.4 is 4.90 Å². The third kappa shape index (κ3) is 4.68. The van der Waals surface area contributed by atoms with Crippen LogP contribution >= 0.6 is 11.3 Å². The van der Waals surface area contributed by atoms with Gasteiger partial charge >= 0.3 is 0 Å². The van der Waals surface area contributed by atoms with Gasteiger partial charge in [-0.2, -0.15) is 0 Å². The summed E-state index contributed by atoms with van der Waals surface area (Å²) in [6.45, 7) is 3.35. The van der Waals surface area contributed by atoms with Crippen molar-refractivity contribution in [3.05, 3.63) is 29.8 Å². The SMILES string of the molecule is Cc1ccc(S(=O)(=O)c2nc(S(=O)(=O)C3CCCCC3)sc2N2CCCCCC2)cc1. The van der Waals surface area contributed by atoms with Crippen molar-refractivity contribution in [3.8, 4) is 0 Å². The second-order valence-electron chi connectivity index (χ2n) is 8.61. The highest BCUT2D eigenvalue weighted by Crippen LogP contribution is 2.40. The highest BCUT2D eigenvalue weighted by molar-refractivity contribution is 7.94. The van der Waals surface area contributed by atoms with Crippen LogP contribution in [0.4, 0.5) is 5.00 Å². The topological polar surface area (TPSA) is 84.4 Å². The molecule has 6 nitrogen and oxygen atoms in total. The summed E-state index contributed by atoms with van der Waals surface area (Å²) in [7, 11) is -7.57. The van der Waals surface area contributed by atoms with Crippen LogP contribution in [0.3, 0.4) is 0 Å². The summed E-state index contributed by atoms with van der Waals surface area (Å²) in [6.07, 6.45) is 8.22. The Morgan fingerprint density at radius 2 is 1.45 bits per heavy atom. The molecule has 1 aromatic carbocycles. The Morgan fingerprint density at radius 1 is 0.871 bits per heavy atom. The first kappa shape index (κ1) is 22.7. The zero-order valence-electron chi connectivity index (χ0n) is 17.9. The molecule has 31 heavy (non-hydrogen) atoms. The van der Waals surface area contributed by atoms with E-state index in [9.17, 15) is 16.8 Å². The predicted molar refractivity (Wildman–Crippen MR) is 123 cm³/mol. The molecular weight excluding hydrogens is 452 g/mol. The summed E-state index contributed by atoms with van der Waals surface area (Å²) in [5, 5.41) is -0.0752. The van der Waals surface area contributed by atoms with Crippen molar-refractivity contribution in [1.29, 1.82) is 0 Å². The fraction of sp³-hybridized carbons (Fsp3) is 0.591. The van der Waals surface area contributed by atoms with E-state index in [4.69, 9.17) is 0 Å². The van der Waals surface area contributed by atoms with Crippen LogP contribution in [0.1, 0.15) is 63.4 Å². The van der Waals surface area contributed by atoms with Gasteiger partial charge in [-0.1, -0.05) is 61.1 Å². The minimum absolute atomic E-state index is 0.0377. The van der Waals surface area contributed by atoms with Gasteiger partial charge in [0.1, 0.15) is 5.00 Å². The van der Waals surface area contributed by atoms with Crippen LogP contribution in [0.5, 0.6) is 0 Å². The van der Waals surface area contributed by atoms with Crippen LogP contribution in [0.2, 0.25) is 0 Å². The van der Waals surface area contributed by atoms with Gasteiger partial charge in [0.25, 0.3) is 0 Å². The zero-order chi connectivity index (χ0) is 22.1. The summed E-state index contributed by atoms with van der Waals surface area (Å²) in [5.74, 6) is 0. The highest BCUT2D eigenvalue weighted by atomic mass is 32.2. The number of rotatable bonds is 5. The maximum atomic E-state index is 13.5. The Hall–Kier alpha value is -1.45. The maximum Gasteiger partial charge on any atom is 0.226 e. The van der Waals surface area contributed by atoms with Crippen molar-refractivity contribution >= 4 is 36.0 Å². The molecule has 1 saturated carbocycles. The van der Waals surface area contributed by atoms with Gasteiger partial charge in [-0.25, -0.2) is 21.8 Å². The van der Waals surface area contributed by atoms with Gasteiger partial charge in [0.05, 0.1) is 10.1 Å². The molecule has 2 fully saturated rings. The fourth-order valence-electron chi connectivity index (χ4n) is 4.40. The van der Waals surface area contributed by atoms with Gasteiger partial charge in [-0.15, -0.1) is 0 Å². The van der Waals surface area contributed by atoms with Crippen molar-refractivity contribution in [2.24, 2.45) is 0 Å². The number of hydrogen-bond donors (Lipinski definition) is 0. The normalized spacial score (nSPS) is 19.3. The first-order valence-electron chi connectivity index (χ1n) is 11.1. The monoisotopic (exact) mass is 482 g/mol. The summed E-state index contributed by atoms with van der Waals surface area (Å²) in [5.41, 5.74) is 0.963. The molecule has 1 aliphatic carbocycles. The van der Waals surface area contributed by atoms with Crippen LogP contribution in [-0.2, 0) is 19.7 Å². The lowest BCUT2D eigenvalue weighted by Gasteiger charge is -2.21. The van der Waals surface area contributed by atoms with E-state index in [-0.39, 0.29) is 14.3 Å². The number of benzene rings is 1. The van der Waals surface area contributed by atoms with E-state index in [0.717, 1.165) is 74.9 Å². The molecule has 2 heterocycles. The molecule has 1 aromatic heterocycles. The Bertz CT molecular complexity index is 1110. The molecule has 2 aliphatic rings. The Labute approximate surface area is 189 Å². The second-order valence-corrected chi connectivity index (χ2v) is 13.9. The predicted octanol–water partition coefficient (Wildman–Crippen LogP) is 4.77. The van der Waals surface area contributed by atoms with Gasteiger partial charge in [-0.05, 0) is 44.7 Å². The van der Waals surface area contributed by atoms with Crippen molar-refractivity contribution in [2.75, 3.05) is 18.0 Å². The van der Waals surface area contributed by atoms with Gasteiger partial charge < -0.3 is 4.90 Å². The van der Waals surface area contributed by atoms with E-state index in [2.05, 4.69) is 4.98 Å². The summed E-state index contributed by atoms with van der Waals surface area (Å²) < 4.78 is 53.7. The first-order valence-corrected chi connectivity index (χ1v) is 15.0. The Morgan fingerprint density at radius 3 is 2.06 bits per heavy atom. The molecule has 1 aliphatic heterocycles. The van der Waals surface area contributed by atoms with Gasteiger partial charge in [0.2, 0.25) is 24.0 Å². The lowest BCUT2D eigenvalue weighted by atomic mass is 10.0. The van der Waals surface area contributed by atoms with E-state index in [1.165, 1.54) is 0 Å². The molecule has 0 radical (unpaired) electrons. The van der Waals surface area contributed by atoms with Crippen LogP contribution in [0.25, 0.3) is 0 Å². The van der Waals surface area contributed by atoms with Crippen molar-refractivity contribution in [2.45, 2.75) is 84.2 Å². The fourth-order valence-corrected chi connectivity index (χ4v) is 9.57. The van der Waals surface area contributed by atoms with Crippen molar-refractivity contribution in [3.63, 3.8) is 0 Å². The number of nitrogens with zero attached hydrogens (tertiary/aromatic N) is 2. The molecule has 0 spiro atoms. The molecule has 1 saturated heterocycles. The smallest absolute Gasteiger partial charge is 0.226 e. The van der Waals surface area contributed by atoms with Crippen molar-refractivity contribution in [1.82, 2.24) is 4.98 Å². The van der Waals surface area contributed by atoms with E-state index < -0.39 is 24.9 Å². The molecule has 0 bridgehead atoms. The lowest BCUT2D eigenvalue weighted by Crippen LogP contribution is -2.24. The molecule has 0 atom stereocenters. The second kappa shape index (κ2) is 9.19. The quantitative estimate of drug-likeness (QED) is 0.610. The largest absolute Gasteiger partial charge is 0.361 e. The number of sulfone groups is 2.